The van der Waals surface area contributed by atoms with E-state index in [1.165, 1.54) is 35.3 Å². The van der Waals surface area contributed by atoms with Gasteiger partial charge in [-0.25, -0.2) is 9.78 Å². The number of aromatic nitrogens is 3. The molecule has 2 aromatic heterocycles. The average molecular weight is 512 g/mol. The van der Waals surface area contributed by atoms with Gasteiger partial charge in [0.05, 0.1) is 18.8 Å². The molecule has 1 fully saturated rings. The van der Waals surface area contributed by atoms with Crippen LogP contribution in [-0.2, 0) is 23.1 Å². The monoisotopic (exact) mass is 511 g/mol. The lowest BCUT2D eigenvalue weighted by Crippen LogP contribution is -2.48. The standard InChI is InChI=1S/C22H28F3N7O4/c1-21(2,3)36-12-14(28-19(34)15-6-8-27-31(15)4)18(33)30-17-9-13(5-7-26-17)10-32-11-16(22(23,24)25)29-20(32)35/h5-9,14,16H,10-12H2,1-4H3,(H,28,34)(H,29,35)(H,26,30,33)/t14?,16-/m0/s1. The molecule has 3 rings (SSSR count). The Balaban J connectivity index is 1.69. The molecule has 3 heterocycles. The third-order valence-electron chi connectivity index (χ3n) is 5.19. The number of hydrogen-bond acceptors (Lipinski definition) is 6. The fourth-order valence-electron chi connectivity index (χ4n) is 3.33. The Labute approximate surface area is 205 Å². The highest BCUT2D eigenvalue weighted by atomic mass is 19.4. The van der Waals surface area contributed by atoms with Crippen molar-refractivity contribution in [3.05, 3.63) is 41.9 Å². The first kappa shape index (κ1) is 26.9. The highest BCUT2D eigenvalue weighted by Gasteiger charge is 2.46. The molecule has 2 aromatic rings. The first-order chi connectivity index (χ1) is 16.7. The van der Waals surface area contributed by atoms with Crippen molar-refractivity contribution >= 4 is 23.7 Å². The number of alkyl halides is 3. The summed E-state index contributed by atoms with van der Waals surface area (Å²) in [5.74, 6) is -1.05. The third kappa shape index (κ3) is 7.16. The number of hydrogen-bond donors (Lipinski definition) is 3. The van der Waals surface area contributed by atoms with Gasteiger partial charge in [-0.2, -0.15) is 18.3 Å². The zero-order valence-electron chi connectivity index (χ0n) is 20.2. The summed E-state index contributed by atoms with van der Waals surface area (Å²) in [7, 11) is 1.59. The van der Waals surface area contributed by atoms with E-state index in [-0.39, 0.29) is 24.7 Å². The molecule has 0 aromatic carbocycles. The molecule has 0 bridgehead atoms. The van der Waals surface area contributed by atoms with E-state index in [0.717, 1.165) is 4.90 Å². The molecule has 1 saturated heterocycles. The fraction of sp³-hybridized carbons (Fsp3) is 0.500. The molecule has 14 heteroatoms. The van der Waals surface area contributed by atoms with Gasteiger partial charge in [-0.3, -0.25) is 14.3 Å². The average Bonchev–Trinajstić information content (AvgIpc) is 3.36. The molecule has 1 unspecified atom stereocenters. The van der Waals surface area contributed by atoms with Gasteiger partial charge in [-0.05, 0) is 44.5 Å². The number of anilines is 1. The molecule has 11 nitrogen and oxygen atoms in total. The third-order valence-corrected chi connectivity index (χ3v) is 5.19. The van der Waals surface area contributed by atoms with Crippen LogP contribution in [0.3, 0.4) is 0 Å². The summed E-state index contributed by atoms with van der Waals surface area (Å²) in [4.78, 5) is 42.7. The predicted molar refractivity (Wildman–Crippen MR) is 122 cm³/mol. The molecule has 0 radical (unpaired) electrons. The number of rotatable bonds is 8. The summed E-state index contributed by atoms with van der Waals surface area (Å²) in [6.45, 7) is 4.62. The van der Waals surface area contributed by atoms with Crippen molar-refractivity contribution in [2.24, 2.45) is 7.05 Å². The molecule has 4 amide bonds. The van der Waals surface area contributed by atoms with E-state index in [2.05, 4.69) is 20.7 Å². The van der Waals surface area contributed by atoms with Gasteiger partial charge in [0.25, 0.3) is 11.8 Å². The van der Waals surface area contributed by atoms with Crippen molar-refractivity contribution in [2.45, 2.75) is 51.2 Å². The summed E-state index contributed by atoms with van der Waals surface area (Å²) in [5, 5.41) is 11.0. The molecule has 196 valence electrons. The van der Waals surface area contributed by atoms with Crippen LogP contribution >= 0.6 is 0 Å². The van der Waals surface area contributed by atoms with E-state index >= 15 is 0 Å². The predicted octanol–water partition coefficient (Wildman–Crippen LogP) is 1.82. The number of amides is 4. The largest absolute Gasteiger partial charge is 0.410 e. The maximum Gasteiger partial charge on any atom is 0.410 e. The number of nitrogens with one attached hydrogen (secondary N) is 3. The number of urea groups is 1. The summed E-state index contributed by atoms with van der Waals surface area (Å²) < 4.78 is 45.8. The van der Waals surface area contributed by atoms with Crippen molar-refractivity contribution in [1.82, 2.24) is 30.3 Å². The lowest BCUT2D eigenvalue weighted by molar-refractivity contribution is -0.149. The van der Waals surface area contributed by atoms with Crippen LogP contribution in [0.2, 0.25) is 0 Å². The summed E-state index contributed by atoms with van der Waals surface area (Å²) in [6, 6.07) is 0.589. The summed E-state index contributed by atoms with van der Waals surface area (Å²) in [6.07, 6.45) is -1.75. The number of carbonyl (C=O) groups is 3. The highest BCUT2D eigenvalue weighted by molar-refractivity contribution is 6.00. The molecular weight excluding hydrogens is 483 g/mol. The minimum absolute atomic E-state index is 0.0972. The Hall–Kier alpha value is -3.68. The van der Waals surface area contributed by atoms with E-state index in [1.54, 1.807) is 27.8 Å². The second-order valence-electron chi connectivity index (χ2n) is 9.25. The van der Waals surface area contributed by atoms with Gasteiger partial charge < -0.3 is 25.6 Å². The Morgan fingerprint density at radius 2 is 1.97 bits per heavy atom. The van der Waals surface area contributed by atoms with Gasteiger partial charge in [0.2, 0.25) is 0 Å². The Morgan fingerprint density at radius 1 is 1.25 bits per heavy atom. The number of aryl methyl sites for hydroxylation is 1. The van der Waals surface area contributed by atoms with Crippen molar-refractivity contribution in [2.75, 3.05) is 18.5 Å². The lowest BCUT2D eigenvalue weighted by atomic mass is 10.2. The Bertz CT molecular complexity index is 1110. The van der Waals surface area contributed by atoms with Gasteiger partial charge in [0, 0.05) is 26.0 Å². The van der Waals surface area contributed by atoms with Crippen LogP contribution < -0.4 is 16.0 Å². The Morgan fingerprint density at radius 3 is 2.56 bits per heavy atom. The summed E-state index contributed by atoms with van der Waals surface area (Å²) >= 11 is 0. The second kappa shape index (κ2) is 10.5. The molecule has 0 spiro atoms. The van der Waals surface area contributed by atoms with Crippen molar-refractivity contribution in [3.8, 4) is 0 Å². The van der Waals surface area contributed by atoms with Crippen molar-refractivity contribution in [1.29, 1.82) is 0 Å². The van der Waals surface area contributed by atoms with Crippen LogP contribution in [-0.4, -0.2) is 74.5 Å². The maximum absolute atomic E-state index is 13.0. The zero-order valence-corrected chi connectivity index (χ0v) is 20.2. The summed E-state index contributed by atoms with van der Waals surface area (Å²) in [5.41, 5.74) is 0.114. The lowest BCUT2D eigenvalue weighted by Gasteiger charge is -2.24. The number of carbonyl (C=O) groups excluding carboxylic acids is 3. The SMILES string of the molecule is Cn1nccc1C(=O)NC(COC(C)(C)C)C(=O)Nc1cc(CN2C[C@@H](C(F)(F)F)NC2=O)ccn1. The molecule has 2 atom stereocenters. The minimum atomic E-state index is -4.55. The zero-order chi connectivity index (χ0) is 26.7. The molecular formula is C22H28F3N7O4. The van der Waals surface area contributed by atoms with E-state index in [0.29, 0.717) is 5.56 Å². The van der Waals surface area contributed by atoms with E-state index in [1.807, 2.05) is 5.32 Å². The number of halogens is 3. The van der Waals surface area contributed by atoms with Crippen LogP contribution in [0.15, 0.2) is 30.6 Å². The smallest absolute Gasteiger partial charge is 0.373 e. The van der Waals surface area contributed by atoms with Crippen LogP contribution in [0.1, 0.15) is 36.8 Å². The normalized spacial score (nSPS) is 17.0. The number of pyridine rings is 1. The van der Waals surface area contributed by atoms with Gasteiger partial charge in [0.15, 0.2) is 0 Å². The van der Waals surface area contributed by atoms with E-state index < -0.39 is 48.3 Å². The van der Waals surface area contributed by atoms with Crippen LogP contribution in [0, 0.1) is 0 Å². The van der Waals surface area contributed by atoms with Gasteiger partial charge >= 0.3 is 12.2 Å². The fourth-order valence-corrected chi connectivity index (χ4v) is 3.33. The number of ether oxygens (including phenoxy) is 1. The molecule has 36 heavy (non-hydrogen) atoms. The van der Waals surface area contributed by atoms with Gasteiger partial charge in [0.1, 0.15) is 23.6 Å². The minimum Gasteiger partial charge on any atom is -0.373 e. The molecule has 0 aliphatic carbocycles. The topological polar surface area (TPSA) is 130 Å². The highest BCUT2D eigenvalue weighted by Crippen LogP contribution is 2.25. The quantitative estimate of drug-likeness (QED) is 0.496. The van der Waals surface area contributed by atoms with Crippen LogP contribution in [0.5, 0.6) is 0 Å². The van der Waals surface area contributed by atoms with Gasteiger partial charge in [-0.15, -0.1) is 0 Å². The van der Waals surface area contributed by atoms with Crippen LogP contribution in [0.25, 0.3) is 0 Å². The van der Waals surface area contributed by atoms with E-state index in [4.69, 9.17) is 4.74 Å². The Kier molecular flexibility index (Phi) is 7.86. The van der Waals surface area contributed by atoms with E-state index in [9.17, 15) is 27.6 Å². The van der Waals surface area contributed by atoms with Gasteiger partial charge in [-0.1, -0.05) is 0 Å². The molecule has 1 aliphatic rings. The number of nitrogens with zero attached hydrogens (tertiary/aromatic N) is 4. The molecule has 1 aliphatic heterocycles. The maximum atomic E-state index is 13.0. The van der Waals surface area contributed by atoms with Crippen LogP contribution in [0.4, 0.5) is 23.8 Å². The molecule has 0 saturated carbocycles. The first-order valence-corrected chi connectivity index (χ1v) is 11.0. The van der Waals surface area contributed by atoms with Crippen molar-refractivity contribution < 1.29 is 32.3 Å². The van der Waals surface area contributed by atoms with Crippen molar-refractivity contribution in [3.63, 3.8) is 0 Å². The second-order valence-corrected chi connectivity index (χ2v) is 9.25. The molecule has 3 N–H and O–H groups in total. The first-order valence-electron chi connectivity index (χ1n) is 11.0.